The zero-order valence-corrected chi connectivity index (χ0v) is 14.8. The second kappa shape index (κ2) is 8.01. The molecule has 0 spiro atoms. The molecule has 0 aliphatic heterocycles. The monoisotopic (exact) mass is 366 g/mol. The number of aldehydes is 1. The predicted octanol–water partition coefficient (Wildman–Crippen LogP) is 4.74. The Morgan fingerprint density at radius 1 is 0.963 bits per heavy atom. The molecule has 5 heteroatoms. The molecule has 2 N–H and O–H groups in total. The average molecular weight is 366 g/mol. The van der Waals surface area contributed by atoms with Crippen molar-refractivity contribution in [1.29, 1.82) is 0 Å². The van der Waals surface area contributed by atoms with E-state index in [0.29, 0.717) is 28.5 Å². The first-order chi connectivity index (χ1) is 13.0. The van der Waals surface area contributed by atoms with Gasteiger partial charge >= 0.3 is 0 Å². The summed E-state index contributed by atoms with van der Waals surface area (Å²) in [5, 5.41) is 20.4. The first kappa shape index (κ1) is 18.6. The van der Waals surface area contributed by atoms with Crippen LogP contribution in [0.15, 0.2) is 54.6 Å². The van der Waals surface area contributed by atoms with Crippen molar-refractivity contribution in [2.45, 2.75) is 20.1 Å². The fourth-order valence-corrected chi connectivity index (χ4v) is 3.08. The number of hydrogen-bond acceptors (Lipinski definition) is 4. The lowest BCUT2D eigenvalue weighted by molar-refractivity contribution is 0.102. The fourth-order valence-electron chi connectivity index (χ4n) is 3.08. The topological polar surface area (TPSA) is 66.8 Å². The van der Waals surface area contributed by atoms with E-state index in [1.54, 1.807) is 25.1 Å². The van der Waals surface area contributed by atoms with E-state index in [0.717, 1.165) is 5.56 Å². The molecule has 0 aliphatic carbocycles. The molecule has 0 radical (unpaired) electrons. The predicted molar refractivity (Wildman–Crippen MR) is 100 cm³/mol. The number of rotatable bonds is 6. The van der Waals surface area contributed by atoms with Gasteiger partial charge in [0.25, 0.3) is 0 Å². The van der Waals surface area contributed by atoms with Gasteiger partial charge in [0.1, 0.15) is 5.82 Å². The molecule has 0 saturated carbocycles. The number of ether oxygens (including phenoxy) is 1. The second-order valence-electron chi connectivity index (χ2n) is 6.16. The molecule has 4 nitrogen and oxygen atoms in total. The van der Waals surface area contributed by atoms with Gasteiger partial charge in [-0.05, 0) is 24.1 Å². The largest absolute Gasteiger partial charge is 0.504 e. The minimum atomic E-state index is -0.480. The van der Waals surface area contributed by atoms with Crippen LogP contribution in [0.25, 0.3) is 11.1 Å². The molecule has 3 aromatic carbocycles. The number of benzene rings is 3. The van der Waals surface area contributed by atoms with Crippen LogP contribution in [-0.4, -0.2) is 16.5 Å². The Morgan fingerprint density at radius 3 is 2.30 bits per heavy atom. The Balaban J connectivity index is 2.02. The second-order valence-corrected chi connectivity index (χ2v) is 6.16. The summed E-state index contributed by atoms with van der Waals surface area (Å²) < 4.78 is 19.4. The van der Waals surface area contributed by atoms with E-state index in [1.165, 1.54) is 6.07 Å². The smallest absolute Gasteiger partial charge is 0.168 e. The fraction of sp³-hybridized carbons (Fsp3) is 0.136. The first-order valence-corrected chi connectivity index (χ1v) is 8.43. The van der Waals surface area contributed by atoms with Crippen molar-refractivity contribution in [1.82, 2.24) is 0 Å². The van der Waals surface area contributed by atoms with Crippen LogP contribution in [0.1, 0.15) is 27.0 Å². The molecule has 138 valence electrons. The van der Waals surface area contributed by atoms with Crippen LogP contribution in [-0.2, 0) is 18.0 Å². The van der Waals surface area contributed by atoms with Crippen LogP contribution < -0.4 is 0 Å². The molecule has 0 saturated heterocycles. The summed E-state index contributed by atoms with van der Waals surface area (Å²) in [7, 11) is 0. The van der Waals surface area contributed by atoms with E-state index < -0.39 is 5.75 Å². The summed E-state index contributed by atoms with van der Waals surface area (Å²) >= 11 is 0. The van der Waals surface area contributed by atoms with Crippen molar-refractivity contribution in [3.63, 3.8) is 0 Å². The lowest BCUT2D eigenvalue weighted by Gasteiger charge is -2.18. The van der Waals surface area contributed by atoms with Crippen molar-refractivity contribution >= 4 is 6.29 Å². The van der Waals surface area contributed by atoms with Crippen molar-refractivity contribution in [2.24, 2.45) is 0 Å². The lowest BCUT2D eigenvalue weighted by Crippen LogP contribution is -2.04. The Kier molecular flexibility index (Phi) is 5.52. The SMILES string of the molecule is Cc1c(O)c(O)c(C=O)c(COCc2ccccc2F)c1-c1ccccc1. The Morgan fingerprint density at radius 2 is 1.63 bits per heavy atom. The van der Waals surface area contributed by atoms with Crippen LogP contribution >= 0.6 is 0 Å². The molecule has 0 aromatic heterocycles. The number of carbonyl (C=O) groups is 1. The van der Waals surface area contributed by atoms with Gasteiger partial charge in [-0.1, -0.05) is 48.5 Å². The van der Waals surface area contributed by atoms with Crippen molar-refractivity contribution in [3.05, 3.63) is 82.7 Å². The quantitative estimate of drug-likeness (QED) is 0.488. The van der Waals surface area contributed by atoms with Gasteiger partial charge in [0.15, 0.2) is 17.8 Å². The Bertz CT molecular complexity index is 968. The van der Waals surface area contributed by atoms with E-state index in [9.17, 15) is 19.4 Å². The van der Waals surface area contributed by atoms with E-state index in [2.05, 4.69) is 0 Å². The van der Waals surface area contributed by atoms with Gasteiger partial charge in [0.05, 0.1) is 18.8 Å². The third-order valence-electron chi connectivity index (χ3n) is 4.48. The van der Waals surface area contributed by atoms with Crippen LogP contribution in [0.2, 0.25) is 0 Å². The third-order valence-corrected chi connectivity index (χ3v) is 4.48. The van der Waals surface area contributed by atoms with E-state index in [4.69, 9.17) is 4.74 Å². The van der Waals surface area contributed by atoms with E-state index >= 15 is 0 Å². The Labute approximate surface area is 156 Å². The van der Waals surface area contributed by atoms with Gasteiger partial charge in [-0.15, -0.1) is 0 Å². The summed E-state index contributed by atoms with van der Waals surface area (Å²) in [5.74, 6) is -1.19. The molecule has 3 aromatic rings. The first-order valence-electron chi connectivity index (χ1n) is 8.43. The number of phenols is 2. The molecular formula is C22H19FO4. The van der Waals surface area contributed by atoms with Crippen LogP contribution in [0.5, 0.6) is 11.5 Å². The van der Waals surface area contributed by atoms with Gasteiger partial charge < -0.3 is 14.9 Å². The molecule has 27 heavy (non-hydrogen) atoms. The molecule has 0 heterocycles. The molecule has 0 atom stereocenters. The summed E-state index contributed by atoms with van der Waals surface area (Å²) in [5.41, 5.74) is 2.63. The normalized spacial score (nSPS) is 10.7. The molecule has 0 aliphatic rings. The number of phenolic OH excluding ortho intramolecular Hbond substituents is 2. The lowest BCUT2D eigenvalue weighted by atomic mass is 9.90. The highest BCUT2D eigenvalue weighted by molar-refractivity contribution is 5.90. The molecule has 0 unspecified atom stereocenters. The van der Waals surface area contributed by atoms with Gasteiger partial charge in [-0.2, -0.15) is 0 Å². The average Bonchev–Trinajstić information content (AvgIpc) is 2.69. The van der Waals surface area contributed by atoms with Gasteiger partial charge in [-0.3, -0.25) is 4.79 Å². The highest BCUT2D eigenvalue weighted by Gasteiger charge is 2.22. The zero-order chi connectivity index (χ0) is 19.4. The molecule has 3 rings (SSSR count). The number of aromatic hydroxyl groups is 2. The van der Waals surface area contributed by atoms with Crippen molar-refractivity contribution < 1.29 is 24.1 Å². The van der Waals surface area contributed by atoms with Gasteiger partial charge in [-0.25, -0.2) is 4.39 Å². The minimum Gasteiger partial charge on any atom is -0.504 e. The summed E-state index contributed by atoms with van der Waals surface area (Å²) in [4.78, 5) is 11.6. The maximum atomic E-state index is 13.8. The molecular weight excluding hydrogens is 347 g/mol. The highest BCUT2D eigenvalue weighted by Crippen LogP contribution is 2.42. The third kappa shape index (κ3) is 3.68. The van der Waals surface area contributed by atoms with Crippen LogP contribution in [0, 0.1) is 12.7 Å². The maximum absolute atomic E-state index is 13.8. The van der Waals surface area contributed by atoms with E-state index in [-0.39, 0.29) is 30.3 Å². The standard InChI is InChI=1S/C22H19FO4/c1-14-20(15-7-3-2-4-8-15)18(17(11-24)22(26)21(14)25)13-27-12-16-9-5-6-10-19(16)23/h2-11,25-26H,12-13H2,1H3. The van der Waals surface area contributed by atoms with Gasteiger partial charge in [0.2, 0.25) is 0 Å². The summed E-state index contributed by atoms with van der Waals surface area (Å²) in [6.45, 7) is 1.65. The minimum absolute atomic E-state index is 0.0138. The number of carbonyl (C=O) groups excluding carboxylic acids is 1. The molecule has 0 amide bonds. The summed E-state index contributed by atoms with van der Waals surface area (Å²) in [6, 6.07) is 15.5. The maximum Gasteiger partial charge on any atom is 0.168 e. The van der Waals surface area contributed by atoms with Gasteiger partial charge in [0, 0.05) is 16.7 Å². The number of hydrogen-bond donors (Lipinski definition) is 2. The number of halogens is 1. The van der Waals surface area contributed by atoms with E-state index in [1.807, 2.05) is 30.3 Å². The molecule has 0 fully saturated rings. The molecule has 0 bridgehead atoms. The van der Waals surface area contributed by atoms with Crippen LogP contribution in [0.4, 0.5) is 4.39 Å². The van der Waals surface area contributed by atoms with Crippen LogP contribution in [0.3, 0.4) is 0 Å². The zero-order valence-electron chi connectivity index (χ0n) is 14.8. The highest BCUT2D eigenvalue weighted by atomic mass is 19.1. The van der Waals surface area contributed by atoms with Crippen molar-refractivity contribution in [3.8, 4) is 22.6 Å². The Hall–Kier alpha value is -3.18. The summed E-state index contributed by atoms with van der Waals surface area (Å²) in [6.07, 6.45) is 0.489. The van der Waals surface area contributed by atoms with Crippen molar-refractivity contribution in [2.75, 3.05) is 0 Å².